The highest BCUT2D eigenvalue weighted by atomic mass is 16.6. The quantitative estimate of drug-likeness (QED) is 0.0815. The molecule has 0 fully saturated rings. The fourth-order valence-electron chi connectivity index (χ4n) is 4.01. The minimum atomic E-state index is -0.571. The number of hydrogen-bond donors (Lipinski definition) is 0. The van der Waals surface area contributed by atoms with E-state index < -0.39 is 23.9 Å². The Kier molecular flexibility index (Phi) is 12.9. The maximum absolute atomic E-state index is 12.4. The van der Waals surface area contributed by atoms with Gasteiger partial charge in [0.05, 0.1) is 48.7 Å². The van der Waals surface area contributed by atoms with Crippen LogP contribution in [0.3, 0.4) is 0 Å². The number of rotatable bonds is 16. The highest BCUT2D eigenvalue weighted by Crippen LogP contribution is 2.19. The van der Waals surface area contributed by atoms with Gasteiger partial charge in [0.2, 0.25) is 0 Å². The molecule has 0 amide bonds. The predicted octanol–water partition coefficient (Wildman–Crippen LogP) is 5.95. The molecule has 4 aromatic rings. The Hall–Kier alpha value is -5.68. The molecule has 47 heavy (non-hydrogen) atoms. The molecule has 0 aliphatic rings. The van der Waals surface area contributed by atoms with Crippen molar-refractivity contribution in [1.82, 2.24) is 0 Å². The molecule has 11 nitrogen and oxygen atoms in total. The van der Waals surface area contributed by atoms with Crippen LogP contribution < -0.4 is 18.9 Å². The van der Waals surface area contributed by atoms with Crippen molar-refractivity contribution in [2.45, 2.75) is 13.8 Å². The van der Waals surface area contributed by atoms with Crippen LogP contribution in [0.1, 0.15) is 55.3 Å². The topological polar surface area (TPSA) is 133 Å². The van der Waals surface area contributed by atoms with E-state index in [0.29, 0.717) is 35.8 Å². The molecule has 244 valence electrons. The second-order valence-electron chi connectivity index (χ2n) is 9.63. The van der Waals surface area contributed by atoms with Gasteiger partial charge < -0.3 is 33.2 Å². The number of benzene rings is 4. The number of ether oxygens (including phenoxy) is 7. The second-order valence-corrected chi connectivity index (χ2v) is 9.63. The zero-order valence-electron chi connectivity index (χ0n) is 26.0. The molecule has 0 aliphatic heterocycles. The molecule has 4 rings (SSSR count). The zero-order chi connectivity index (χ0) is 33.4. The van der Waals surface area contributed by atoms with Crippen LogP contribution in [-0.4, -0.2) is 63.5 Å². The zero-order valence-corrected chi connectivity index (χ0v) is 26.0. The third-order valence-corrected chi connectivity index (χ3v) is 6.32. The number of carbonyl (C=O) groups is 4. The fourth-order valence-corrected chi connectivity index (χ4v) is 4.01. The van der Waals surface area contributed by atoms with Crippen molar-refractivity contribution in [3.63, 3.8) is 0 Å². The normalized spacial score (nSPS) is 10.4. The minimum absolute atomic E-state index is 0.0158. The Morgan fingerprint density at radius 3 is 1.02 bits per heavy atom. The number of esters is 4. The summed E-state index contributed by atoms with van der Waals surface area (Å²) in [5.41, 5.74) is 1.28. The summed E-state index contributed by atoms with van der Waals surface area (Å²) in [5.74, 6) is -0.357. The Morgan fingerprint density at radius 1 is 0.404 bits per heavy atom. The average molecular weight is 643 g/mol. The molecule has 0 aliphatic carbocycles. The third kappa shape index (κ3) is 10.7. The van der Waals surface area contributed by atoms with Gasteiger partial charge in [0, 0.05) is 0 Å². The van der Waals surface area contributed by atoms with Crippen molar-refractivity contribution >= 4 is 23.9 Å². The highest BCUT2D eigenvalue weighted by molar-refractivity contribution is 5.93. The van der Waals surface area contributed by atoms with Crippen LogP contribution in [0.15, 0.2) is 97.1 Å². The first-order valence-electron chi connectivity index (χ1n) is 14.9. The summed E-state index contributed by atoms with van der Waals surface area (Å²) < 4.78 is 37.2. The van der Waals surface area contributed by atoms with Crippen LogP contribution in [-0.2, 0) is 14.2 Å². The van der Waals surface area contributed by atoms with Gasteiger partial charge in [0.15, 0.2) is 0 Å². The molecule has 11 heteroatoms. The second kappa shape index (κ2) is 17.7. The van der Waals surface area contributed by atoms with E-state index in [1.807, 2.05) is 13.8 Å². The molecule has 0 N–H and O–H groups in total. The average Bonchev–Trinajstić information content (AvgIpc) is 3.09. The molecule has 0 saturated carbocycles. The van der Waals surface area contributed by atoms with Crippen LogP contribution in [0.25, 0.3) is 0 Å². The molecule has 4 aromatic carbocycles. The lowest BCUT2D eigenvalue weighted by Gasteiger charge is -2.09. The molecular formula is C36H34O11. The summed E-state index contributed by atoms with van der Waals surface area (Å²) in [4.78, 5) is 49.3. The van der Waals surface area contributed by atoms with E-state index in [2.05, 4.69) is 0 Å². The minimum Gasteiger partial charge on any atom is -0.494 e. The van der Waals surface area contributed by atoms with Crippen LogP contribution in [0.5, 0.6) is 23.0 Å². The van der Waals surface area contributed by atoms with Crippen molar-refractivity contribution in [2.24, 2.45) is 0 Å². The van der Waals surface area contributed by atoms with Crippen LogP contribution in [0, 0.1) is 0 Å². The van der Waals surface area contributed by atoms with Crippen molar-refractivity contribution in [3.05, 3.63) is 119 Å². The van der Waals surface area contributed by atoms with Crippen molar-refractivity contribution in [3.8, 4) is 23.0 Å². The predicted molar refractivity (Wildman–Crippen MR) is 169 cm³/mol. The van der Waals surface area contributed by atoms with E-state index in [9.17, 15) is 19.2 Å². The molecule has 0 spiro atoms. The monoisotopic (exact) mass is 642 g/mol. The van der Waals surface area contributed by atoms with Gasteiger partial charge in [0.1, 0.15) is 36.2 Å². The summed E-state index contributed by atoms with van der Waals surface area (Å²) in [6, 6.07) is 25.1. The van der Waals surface area contributed by atoms with Gasteiger partial charge >= 0.3 is 23.9 Å². The third-order valence-electron chi connectivity index (χ3n) is 6.32. The van der Waals surface area contributed by atoms with Crippen molar-refractivity contribution in [1.29, 1.82) is 0 Å². The molecule has 0 atom stereocenters. The van der Waals surface area contributed by atoms with Gasteiger partial charge in [-0.2, -0.15) is 0 Å². The highest BCUT2D eigenvalue weighted by Gasteiger charge is 2.13. The number of carbonyl (C=O) groups excluding carboxylic acids is 4. The van der Waals surface area contributed by atoms with Gasteiger partial charge in [0.25, 0.3) is 0 Å². The maximum atomic E-state index is 12.4. The lowest BCUT2D eigenvalue weighted by Crippen LogP contribution is -2.15. The first-order valence-corrected chi connectivity index (χ1v) is 14.9. The van der Waals surface area contributed by atoms with Crippen molar-refractivity contribution < 1.29 is 52.3 Å². The lowest BCUT2D eigenvalue weighted by atomic mass is 10.2. The lowest BCUT2D eigenvalue weighted by molar-refractivity contribution is 0.0151. The summed E-state index contributed by atoms with van der Waals surface area (Å²) in [6.45, 7) is 4.95. The van der Waals surface area contributed by atoms with Gasteiger partial charge in [-0.25, -0.2) is 19.2 Å². The molecule has 0 unspecified atom stereocenters. The molecular weight excluding hydrogens is 608 g/mol. The maximum Gasteiger partial charge on any atom is 0.343 e. The van der Waals surface area contributed by atoms with E-state index in [1.165, 1.54) is 48.5 Å². The summed E-state index contributed by atoms with van der Waals surface area (Å²) in [7, 11) is 0. The smallest absolute Gasteiger partial charge is 0.343 e. The SMILES string of the molecule is CCOc1ccc(C(=O)Oc2ccc(C(=O)OCCOCCOC(=O)c3ccc(OC(=O)c4ccc(OCC)cc4)cc3)cc2)cc1. The number of hydrogen-bond acceptors (Lipinski definition) is 11. The van der Waals surface area contributed by atoms with Crippen LogP contribution >= 0.6 is 0 Å². The molecule has 0 heterocycles. The Morgan fingerprint density at radius 2 is 0.702 bits per heavy atom. The summed E-state index contributed by atoms with van der Waals surface area (Å²) in [6.07, 6.45) is 0. The standard InChI is InChI=1S/C36H34O11/c1-3-42-29-13-5-27(6-14-29)35(39)46-31-17-9-25(10-18-31)33(37)44-23-21-41-22-24-45-34(38)26-11-19-32(20-12-26)47-36(40)28-7-15-30(16-8-28)43-4-2/h5-20H,3-4,21-24H2,1-2H3. The van der Waals surface area contributed by atoms with Gasteiger partial charge in [-0.3, -0.25) is 0 Å². The van der Waals surface area contributed by atoms with Crippen molar-refractivity contribution in [2.75, 3.05) is 39.6 Å². The molecule has 0 aromatic heterocycles. The van der Waals surface area contributed by atoms with Gasteiger partial charge in [-0.05, 0) is 111 Å². The molecule has 0 radical (unpaired) electrons. The first kappa shape index (κ1) is 34.2. The first-order chi connectivity index (χ1) is 22.9. The van der Waals surface area contributed by atoms with E-state index in [0.717, 1.165) is 0 Å². The molecule has 0 saturated heterocycles. The van der Waals surface area contributed by atoms with E-state index in [-0.39, 0.29) is 49.1 Å². The summed E-state index contributed by atoms with van der Waals surface area (Å²) >= 11 is 0. The molecule has 0 bridgehead atoms. The van der Waals surface area contributed by atoms with E-state index in [1.54, 1.807) is 48.5 Å². The fraction of sp³-hybridized carbons (Fsp3) is 0.222. The summed E-state index contributed by atoms with van der Waals surface area (Å²) in [5, 5.41) is 0. The van der Waals surface area contributed by atoms with Crippen LogP contribution in [0.4, 0.5) is 0 Å². The van der Waals surface area contributed by atoms with Gasteiger partial charge in [-0.15, -0.1) is 0 Å². The Bertz CT molecular complexity index is 1490. The van der Waals surface area contributed by atoms with Crippen LogP contribution in [0.2, 0.25) is 0 Å². The largest absolute Gasteiger partial charge is 0.494 e. The Balaban J connectivity index is 1.09. The van der Waals surface area contributed by atoms with Gasteiger partial charge in [-0.1, -0.05) is 0 Å². The Labute approximate surface area is 271 Å². The van der Waals surface area contributed by atoms with E-state index >= 15 is 0 Å². The van der Waals surface area contributed by atoms with E-state index in [4.69, 9.17) is 33.2 Å².